The van der Waals surface area contributed by atoms with Gasteiger partial charge in [0, 0.05) is 13.0 Å². The van der Waals surface area contributed by atoms with Crippen molar-refractivity contribution in [3.8, 4) is 0 Å². The van der Waals surface area contributed by atoms with Crippen LogP contribution in [-0.4, -0.2) is 49.0 Å². The molecule has 2 N–H and O–H groups in total. The number of amides is 2. The fraction of sp³-hybridized carbons (Fsp3) is 0.478. The molecular formula is C23H29F3N4O5S. The molecule has 1 aromatic heterocycles. The summed E-state index contributed by atoms with van der Waals surface area (Å²) in [5.41, 5.74) is 6.41. The summed E-state index contributed by atoms with van der Waals surface area (Å²) >= 11 is 0. The van der Waals surface area contributed by atoms with E-state index in [9.17, 15) is 31.2 Å². The van der Waals surface area contributed by atoms with Gasteiger partial charge in [0.05, 0.1) is 33.9 Å². The third-order valence-corrected chi connectivity index (χ3v) is 7.42. The summed E-state index contributed by atoms with van der Waals surface area (Å²) in [5, 5.41) is 4.46. The Balaban J connectivity index is 0.000000678. The van der Waals surface area contributed by atoms with Gasteiger partial charge in [0.25, 0.3) is 0 Å². The Morgan fingerprint density at radius 1 is 1.11 bits per heavy atom. The van der Waals surface area contributed by atoms with Crippen molar-refractivity contribution in [2.24, 2.45) is 11.1 Å². The second-order valence-electron chi connectivity index (χ2n) is 8.69. The van der Waals surface area contributed by atoms with E-state index in [4.69, 9.17) is 10.5 Å². The van der Waals surface area contributed by atoms with Crippen LogP contribution in [0.15, 0.2) is 34.1 Å². The minimum absolute atomic E-state index is 0.0984. The lowest BCUT2D eigenvalue weighted by atomic mass is 9.92. The summed E-state index contributed by atoms with van der Waals surface area (Å²) in [4.78, 5) is 35.0. The summed E-state index contributed by atoms with van der Waals surface area (Å²) in [7, 11) is -3.82. The van der Waals surface area contributed by atoms with Crippen molar-refractivity contribution in [3.05, 3.63) is 35.7 Å². The minimum Gasteiger partial charge on any atom is -0.329 e. The van der Waals surface area contributed by atoms with Crippen molar-refractivity contribution in [1.29, 1.82) is 0 Å². The molecule has 1 aliphatic rings. The topological polar surface area (TPSA) is 132 Å². The Kier molecular flexibility index (Phi) is 8.84. The van der Waals surface area contributed by atoms with E-state index in [0.29, 0.717) is 43.0 Å². The molecule has 1 aromatic carbocycles. The molecule has 0 aliphatic carbocycles. The summed E-state index contributed by atoms with van der Waals surface area (Å²) < 4.78 is 59.8. The number of carbonyl (C=O) groups is 3. The zero-order chi connectivity index (χ0) is 27.5. The lowest BCUT2D eigenvalue weighted by molar-refractivity contribution is -0.156. The molecule has 0 unspecified atom stereocenters. The monoisotopic (exact) mass is 530 g/mol. The molecule has 36 heavy (non-hydrogen) atoms. The van der Waals surface area contributed by atoms with E-state index in [-0.39, 0.29) is 28.0 Å². The standard InChI is InChI=1S/C21H28N4O4S.C2HF3O/c1-5-16-19(17(6-2)24(23-16)12-11-22)30(28,29)15-9-7-14(8-10-15)25-18(26)13-21(3,4)20(25)27;3-2(4,5)1-6/h7-10H,5-6,11-13,22H2,1-4H3;1H. The molecule has 0 atom stereocenters. The van der Waals surface area contributed by atoms with Gasteiger partial charge >= 0.3 is 6.18 Å². The highest BCUT2D eigenvalue weighted by Crippen LogP contribution is 2.36. The van der Waals surface area contributed by atoms with Gasteiger partial charge in [0.1, 0.15) is 4.90 Å². The number of anilines is 1. The van der Waals surface area contributed by atoms with Crippen molar-refractivity contribution in [3.63, 3.8) is 0 Å². The molecule has 2 amide bonds. The van der Waals surface area contributed by atoms with Crippen LogP contribution in [0.3, 0.4) is 0 Å². The number of rotatable bonds is 7. The maximum atomic E-state index is 13.4. The minimum atomic E-state index is -4.64. The number of halogens is 3. The van der Waals surface area contributed by atoms with E-state index in [0.717, 1.165) is 4.90 Å². The molecule has 1 fully saturated rings. The average molecular weight is 531 g/mol. The number of hydrogen-bond acceptors (Lipinski definition) is 7. The van der Waals surface area contributed by atoms with E-state index in [1.807, 2.05) is 13.8 Å². The van der Waals surface area contributed by atoms with Gasteiger partial charge in [-0.2, -0.15) is 18.3 Å². The van der Waals surface area contributed by atoms with E-state index >= 15 is 0 Å². The van der Waals surface area contributed by atoms with Crippen molar-refractivity contribution >= 4 is 33.6 Å². The number of aldehydes is 1. The predicted molar refractivity (Wildman–Crippen MR) is 125 cm³/mol. The van der Waals surface area contributed by atoms with Gasteiger partial charge in [-0.05, 0) is 37.1 Å². The van der Waals surface area contributed by atoms with Gasteiger partial charge in [0.15, 0.2) is 0 Å². The van der Waals surface area contributed by atoms with Crippen molar-refractivity contribution in [2.75, 3.05) is 11.4 Å². The number of hydrogen-bond donors (Lipinski definition) is 1. The zero-order valence-electron chi connectivity index (χ0n) is 20.4. The highest BCUT2D eigenvalue weighted by Gasteiger charge is 2.45. The molecule has 0 spiro atoms. The molecule has 0 bridgehead atoms. The SMILES string of the molecule is CCc1nn(CCN)c(CC)c1S(=O)(=O)c1ccc(N2C(=O)CC(C)(C)C2=O)cc1.O=CC(F)(F)F. The van der Waals surface area contributed by atoms with E-state index in [1.54, 1.807) is 18.5 Å². The van der Waals surface area contributed by atoms with Crippen LogP contribution in [0.4, 0.5) is 18.9 Å². The number of carbonyl (C=O) groups excluding carboxylic acids is 3. The predicted octanol–water partition coefficient (Wildman–Crippen LogP) is 2.84. The lowest BCUT2D eigenvalue weighted by Crippen LogP contribution is -2.32. The third kappa shape index (κ3) is 6.01. The first-order valence-electron chi connectivity index (χ1n) is 11.2. The third-order valence-electron chi connectivity index (χ3n) is 5.52. The van der Waals surface area contributed by atoms with Gasteiger partial charge in [-0.3, -0.25) is 24.0 Å². The van der Waals surface area contributed by atoms with Crippen LogP contribution >= 0.6 is 0 Å². The first-order valence-corrected chi connectivity index (χ1v) is 12.7. The number of sulfone groups is 1. The summed E-state index contributed by atoms with van der Waals surface area (Å²) in [6.07, 6.45) is -4.59. The van der Waals surface area contributed by atoms with Gasteiger partial charge in [-0.25, -0.2) is 8.42 Å². The van der Waals surface area contributed by atoms with Crippen molar-refractivity contribution in [1.82, 2.24) is 9.78 Å². The molecule has 13 heteroatoms. The number of aromatic nitrogens is 2. The number of benzene rings is 1. The van der Waals surface area contributed by atoms with E-state index in [1.165, 1.54) is 24.3 Å². The lowest BCUT2D eigenvalue weighted by Gasteiger charge is -2.18. The van der Waals surface area contributed by atoms with E-state index < -0.39 is 27.7 Å². The maximum absolute atomic E-state index is 13.4. The largest absolute Gasteiger partial charge is 0.446 e. The Morgan fingerprint density at radius 3 is 2.06 bits per heavy atom. The van der Waals surface area contributed by atoms with Crippen LogP contribution in [0.2, 0.25) is 0 Å². The fourth-order valence-corrected chi connectivity index (χ4v) is 5.61. The van der Waals surface area contributed by atoms with Gasteiger partial charge in [-0.15, -0.1) is 0 Å². The second kappa shape index (κ2) is 10.9. The van der Waals surface area contributed by atoms with Gasteiger partial charge in [-0.1, -0.05) is 27.7 Å². The molecular weight excluding hydrogens is 501 g/mol. The number of imide groups is 1. The molecule has 1 saturated heterocycles. The Morgan fingerprint density at radius 2 is 1.67 bits per heavy atom. The molecule has 0 saturated carbocycles. The molecule has 2 aromatic rings. The highest BCUT2D eigenvalue weighted by molar-refractivity contribution is 7.91. The van der Waals surface area contributed by atoms with Gasteiger partial charge < -0.3 is 5.73 Å². The number of aryl methyl sites for hydroxylation is 1. The zero-order valence-corrected chi connectivity index (χ0v) is 21.2. The summed E-state index contributed by atoms with van der Waals surface area (Å²) in [6, 6.07) is 5.89. The molecule has 0 radical (unpaired) electrons. The van der Waals surface area contributed by atoms with Crippen LogP contribution < -0.4 is 10.6 Å². The number of alkyl halides is 3. The summed E-state index contributed by atoms with van der Waals surface area (Å²) in [5.74, 6) is -0.571. The van der Waals surface area contributed by atoms with E-state index in [2.05, 4.69) is 5.10 Å². The van der Waals surface area contributed by atoms with Gasteiger partial charge in [0.2, 0.25) is 27.9 Å². The van der Waals surface area contributed by atoms with Crippen LogP contribution in [0.25, 0.3) is 0 Å². The summed E-state index contributed by atoms with van der Waals surface area (Å²) in [6.45, 7) is 8.01. The van der Waals surface area contributed by atoms with Crippen LogP contribution in [-0.2, 0) is 43.6 Å². The Hall–Kier alpha value is -3.06. The molecule has 9 nitrogen and oxygen atoms in total. The molecule has 1 aliphatic heterocycles. The highest BCUT2D eigenvalue weighted by atomic mass is 32.2. The number of nitrogens with zero attached hydrogens (tertiary/aromatic N) is 3. The van der Waals surface area contributed by atoms with Crippen molar-refractivity contribution < 1.29 is 36.0 Å². The normalized spacial score (nSPS) is 15.6. The van der Waals surface area contributed by atoms with Crippen LogP contribution in [0, 0.1) is 5.41 Å². The Bertz CT molecular complexity index is 1240. The second-order valence-corrected chi connectivity index (χ2v) is 10.6. The molecule has 3 rings (SSSR count). The molecule has 2 heterocycles. The van der Waals surface area contributed by atoms with Crippen LogP contribution in [0.1, 0.15) is 45.5 Å². The number of nitrogens with two attached hydrogens (primary N) is 1. The maximum Gasteiger partial charge on any atom is 0.446 e. The quantitative estimate of drug-likeness (QED) is 0.430. The smallest absolute Gasteiger partial charge is 0.329 e. The fourth-order valence-electron chi connectivity index (χ4n) is 3.83. The average Bonchev–Trinajstić information content (AvgIpc) is 3.27. The van der Waals surface area contributed by atoms with Crippen molar-refractivity contribution in [2.45, 2.75) is 69.5 Å². The molecule has 198 valence electrons. The Labute approximate surface area is 207 Å². The van der Waals surface area contributed by atoms with Crippen LogP contribution in [0.5, 0.6) is 0 Å². The first kappa shape index (κ1) is 29.2. The first-order chi connectivity index (χ1) is 16.6.